The Morgan fingerprint density at radius 2 is 2.06 bits per heavy atom. The van der Waals surface area contributed by atoms with Crippen molar-refractivity contribution in [2.24, 2.45) is 5.73 Å². The van der Waals surface area contributed by atoms with E-state index in [-0.39, 0.29) is 5.54 Å². The minimum atomic E-state index is -0.359. The van der Waals surface area contributed by atoms with Gasteiger partial charge >= 0.3 is 0 Å². The average molecular weight is 341 g/mol. The summed E-state index contributed by atoms with van der Waals surface area (Å²) in [5.41, 5.74) is 6.77. The Bertz CT molecular complexity index is 548. The summed E-state index contributed by atoms with van der Waals surface area (Å²) in [6.07, 6.45) is 3.03. The third-order valence-corrected chi connectivity index (χ3v) is 4.16. The van der Waals surface area contributed by atoms with Crippen LogP contribution in [0.2, 0.25) is 0 Å². The quantitative estimate of drug-likeness (QED) is 0.853. The summed E-state index contributed by atoms with van der Waals surface area (Å²) in [7, 11) is 0. The Kier molecular flexibility index (Phi) is 2.67. The first kappa shape index (κ1) is 11.2. The molecule has 88 valence electrons. The second-order valence-electron chi connectivity index (χ2n) is 4.41. The molecule has 1 aromatic heterocycles. The van der Waals surface area contributed by atoms with Crippen LogP contribution in [0.4, 0.5) is 0 Å². The summed E-state index contributed by atoms with van der Waals surface area (Å²) < 4.78 is 6.40. The molecule has 0 radical (unpaired) electrons. The Morgan fingerprint density at radius 1 is 1.29 bits per heavy atom. The fraction of sp³-hybridized carbons (Fsp3) is 0.333. The zero-order chi connectivity index (χ0) is 11.9. The van der Waals surface area contributed by atoms with Crippen LogP contribution in [-0.4, -0.2) is 10.1 Å². The lowest BCUT2D eigenvalue weighted by Crippen LogP contribution is -2.44. The molecule has 1 fully saturated rings. The number of hydrogen-bond acceptors (Lipinski definition) is 4. The van der Waals surface area contributed by atoms with Crippen LogP contribution in [0.15, 0.2) is 28.8 Å². The van der Waals surface area contributed by atoms with Gasteiger partial charge in [0.15, 0.2) is 5.82 Å². The van der Waals surface area contributed by atoms with Crippen LogP contribution >= 0.6 is 22.6 Å². The van der Waals surface area contributed by atoms with E-state index in [1.54, 1.807) is 0 Å². The smallest absolute Gasteiger partial charge is 0.259 e. The second-order valence-corrected chi connectivity index (χ2v) is 5.57. The summed E-state index contributed by atoms with van der Waals surface area (Å²) in [6, 6.07) is 7.94. The van der Waals surface area contributed by atoms with E-state index in [1.165, 1.54) is 0 Å². The SMILES string of the molecule is NC1(c2noc(-c3ccccc3I)n2)CCC1. The lowest BCUT2D eigenvalue weighted by atomic mass is 9.77. The highest BCUT2D eigenvalue weighted by Gasteiger charge is 2.39. The molecule has 2 N–H and O–H groups in total. The van der Waals surface area contributed by atoms with E-state index in [2.05, 4.69) is 32.7 Å². The highest BCUT2D eigenvalue weighted by Crippen LogP contribution is 2.37. The van der Waals surface area contributed by atoms with Crippen LogP contribution in [0.25, 0.3) is 11.5 Å². The second kappa shape index (κ2) is 4.06. The van der Waals surface area contributed by atoms with Crippen LogP contribution in [0, 0.1) is 3.57 Å². The van der Waals surface area contributed by atoms with E-state index in [0.29, 0.717) is 11.7 Å². The van der Waals surface area contributed by atoms with Gasteiger partial charge in [-0.25, -0.2) is 0 Å². The summed E-state index contributed by atoms with van der Waals surface area (Å²) in [6.45, 7) is 0. The number of hydrogen-bond donors (Lipinski definition) is 1. The lowest BCUT2D eigenvalue weighted by Gasteiger charge is -2.34. The van der Waals surface area contributed by atoms with Gasteiger partial charge < -0.3 is 10.3 Å². The van der Waals surface area contributed by atoms with Gasteiger partial charge in [-0.1, -0.05) is 17.3 Å². The maximum absolute atomic E-state index is 6.17. The first-order valence-electron chi connectivity index (χ1n) is 5.57. The van der Waals surface area contributed by atoms with Gasteiger partial charge in [0.1, 0.15) is 0 Å². The standard InChI is InChI=1S/C12H12IN3O/c13-9-5-2-1-4-8(9)10-15-11(16-17-10)12(14)6-3-7-12/h1-2,4-5H,3,6-7,14H2. The van der Waals surface area contributed by atoms with E-state index < -0.39 is 0 Å². The molecule has 1 heterocycles. The lowest BCUT2D eigenvalue weighted by molar-refractivity contribution is 0.229. The number of aromatic nitrogens is 2. The van der Waals surface area contributed by atoms with Crippen molar-refractivity contribution in [1.29, 1.82) is 0 Å². The highest BCUT2D eigenvalue weighted by molar-refractivity contribution is 14.1. The third kappa shape index (κ3) is 1.87. The molecular weight excluding hydrogens is 329 g/mol. The maximum atomic E-state index is 6.17. The molecule has 0 bridgehead atoms. The van der Waals surface area contributed by atoms with Gasteiger partial charge in [0.05, 0.1) is 11.1 Å². The van der Waals surface area contributed by atoms with E-state index >= 15 is 0 Å². The molecule has 1 aromatic carbocycles. The molecule has 0 atom stereocenters. The van der Waals surface area contributed by atoms with E-state index in [4.69, 9.17) is 10.3 Å². The zero-order valence-electron chi connectivity index (χ0n) is 9.19. The maximum Gasteiger partial charge on any atom is 0.259 e. The van der Waals surface area contributed by atoms with Gasteiger partial charge in [0.2, 0.25) is 0 Å². The molecule has 1 aliphatic carbocycles. The van der Waals surface area contributed by atoms with Crippen molar-refractivity contribution in [2.75, 3.05) is 0 Å². The van der Waals surface area contributed by atoms with Crippen molar-refractivity contribution in [3.05, 3.63) is 33.7 Å². The molecule has 3 rings (SSSR count). The van der Waals surface area contributed by atoms with E-state index in [1.807, 2.05) is 24.3 Å². The molecule has 2 aromatic rings. The van der Waals surface area contributed by atoms with E-state index in [0.717, 1.165) is 28.4 Å². The summed E-state index contributed by atoms with van der Waals surface area (Å²) in [5.74, 6) is 1.19. The Hall–Kier alpha value is -0.950. The fourth-order valence-corrected chi connectivity index (χ4v) is 2.57. The predicted molar refractivity (Wildman–Crippen MR) is 72.2 cm³/mol. The van der Waals surface area contributed by atoms with Gasteiger partial charge in [0.25, 0.3) is 5.89 Å². The number of halogens is 1. The Morgan fingerprint density at radius 3 is 2.71 bits per heavy atom. The van der Waals surface area contributed by atoms with Crippen LogP contribution in [-0.2, 0) is 5.54 Å². The minimum Gasteiger partial charge on any atom is -0.334 e. The molecule has 17 heavy (non-hydrogen) atoms. The van der Waals surface area contributed by atoms with Gasteiger partial charge in [-0.05, 0) is 54.0 Å². The number of benzene rings is 1. The minimum absolute atomic E-state index is 0.359. The topological polar surface area (TPSA) is 64.9 Å². The summed E-state index contributed by atoms with van der Waals surface area (Å²) in [4.78, 5) is 4.43. The van der Waals surface area contributed by atoms with Crippen molar-refractivity contribution < 1.29 is 4.52 Å². The normalized spacial score (nSPS) is 17.8. The number of rotatable bonds is 2. The van der Waals surface area contributed by atoms with Gasteiger partial charge in [0, 0.05) is 3.57 Å². The molecule has 0 unspecified atom stereocenters. The predicted octanol–water partition coefficient (Wildman–Crippen LogP) is 2.68. The van der Waals surface area contributed by atoms with E-state index in [9.17, 15) is 0 Å². The molecule has 1 saturated carbocycles. The first-order valence-corrected chi connectivity index (χ1v) is 6.65. The Balaban J connectivity index is 1.98. The molecule has 0 saturated heterocycles. The third-order valence-electron chi connectivity index (χ3n) is 3.22. The Labute approximate surface area is 113 Å². The van der Waals surface area contributed by atoms with Gasteiger partial charge in [-0.15, -0.1) is 0 Å². The monoisotopic (exact) mass is 341 g/mol. The number of nitrogens with two attached hydrogens (primary N) is 1. The van der Waals surface area contributed by atoms with Gasteiger partial charge in [-0.2, -0.15) is 4.98 Å². The molecular formula is C12H12IN3O. The average Bonchev–Trinajstić information content (AvgIpc) is 2.76. The van der Waals surface area contributed by atoms with Crippen LogP contribution < -0.4 is 5.73 Å². The van der Waals surface area contributed by atoms with Crippen LogP contribution in [0.1, 0.15) is 25.1 Å². The van der Waals surface area contributed by atoms with Crippen molar-refractivity contribution in [3.63, 3.8) is 0 Å². The molecule has 4 nitrogen and oxygen atoms in total. The van der Waals surface area contributed by atoms with Crippen molar-refractivity contribution in [1.82, 2.24) is 10.1 Å². The summed E-state index contributed by atoms with van der Waals surface area (Å²) >= 11 is 2.26. The number of nitrogens with zero attached hydrogens (tertiary/aromatic N) is 2. The molecule has 0 aliphatic heterocycles. The van der Waals surface area contributed by atoms with Crippen molar-refractivity contribution in [3.8, 4) is 11.5 Å². The highest BCUT2D eigenvalue weighted by atomic mass is 127. The first-order chi connectivity index (χ1) is 8.19. The van der Waals surface area contributed by atoms with Crippen LogP contribution in [0.5, 0.6) is 0 Å². The molecule has 0 spiro atoms. The largest absolute Gasteiger partial charge is 0.334 e. The van der Waals surface area contributed by atoms with Gasteiger partial charge in [-0.3, -0.25) is 0 Å². The molecule has 1 aliphatic rings. The summed E-state index contributed by atoms with van der Waals surface area (Å²) in [5, 5.41) is 4.01. The van der Waals surface area contributed by atoms with Crippen molar-refractivity contribution in [2.45, 2.75) is 24.8 Å². The zero-order valence-corrected chi connectivity index (χ0v) is 11.3. The van der Waals surface area contributed by atoms with Crippen LogP contribution in [0.3, 0.4) is 0 Å². The molecule has 5 heteroatoms. The molecule has 0 amide bonds. The fourth-order valence-electron chi connectivity index (χ4n) is 1.95. The van der Waals surface area contributed by atoms with Crippen molar-refractivity contribution >= 4 is 22.6 Å².